The molecule has 0 rings (SSSR count). The van der Waals surface area contributed by atoms with Crippen LogP contribution in [0.3, 0.4) is 0 Å². The third-order valence-electron chi connectivity index (χ3n) is 2.42. The van der Waals surface area contributed by atoms with Crippen LogP contribution in [-0.4, -0.2) is 27.7 Å². The van der Waals surface area contributed by atoms with Gasteiger partial charge in [0.05, 0.1) is 5.38 Å². The number of alkyl halides is 3. The van der Waals surface area contributed by atoms with Crippen molar-refractivity contribution in [1.82, 2.24) is 0 Å². The van der Waals surface area contributed by atoms with Crippen molar-refractivity contribution >= 4 is 40.8 Å². The molecule has 0 spiro atoms. The van der Waals surface area contributed by atoms with E-state index in [-0.39, 0.29) is 0 Å². The molecule has 96 valence electrons. The van der Waals surface area contributed by atoms with Gasteiger partial charge < -0.3 is 5.11 Å². The van der Waals surface area contributed by atoms with Gasteiger partial charge in [-0.15, -0.1) is 34.8 Å². The minimum atomic E-state index is -1.04. The van der Waals surface area contributed by atoms with Gasteiger partial charge in [-0.25, -0.2) is 0 Å². The van der Waals surface area contributed by atoms with Gasteiger partial charge in [-0.2, -0.15) is 0 Å². The van der Waals surface area contributed by atoms with E-state index in [1.54, 1.807) is 0 Å². The Labute approximate surface area is 112 Å². The van der Waals surface area contributed by atoms with Gasteiger partial charge in [-0.1, -0.05) is 32.1 Å². The van der Waals surface area contributed by atoms with Crippen molar-refractivity contribution in [3.8, 4) is 0 Å². The molecule has 0 aromatic rings. The highest BCUT2D eigenvalue weighted by molar-refractivity contribution is 6.36. The van der Waals surface area contributed by atoms with Crippen LogP contribution in [-0.2, 0) is 4.79 Å². The fraction of sp³-hybridized carbons (Fsp3) is 0.909. The van der Waals surface area contributed by atoms with Gasteiger partial charge in [0.2, 0.25) is 0 Å². The molecule has 0 aromatic heterocycles. The standard InChI is InChI=1S/C11H19Cl3O2/c12-8-6-4-2-1-3-5-7-9(13)10(14)11(15)16/h9-10H,1-8H2,(H,15,16). The minimum absolute atomic E-state index is 0.470. The topological polar surface area (TPSA) is 37.3 Å². The van der Waals surface area contributed by atoms with E-state index in [9.17, 15) is 4.79 Å². The van der Waals surface area contributed by atoms with Crippen LogP contribution >= 0.6 is 34.8 Å². The van der Waals surface area contributed by atoms with Gasteiger partial charge in [0.25, 0.3) is 0 Å². The lowest BCUT2D eigenvalue weighted by Crippen LogP contribution is -2.24. The highest BCUT2D eigenvalue weighted by Crippen LogP contribution is 2.18. The summed E-state index contributed by atoms with van der Waals surface area (Å²) in [5, 5.41) is 7.18. The molecule has 0 saturated heterocycles. The van der Waals surface area contributed by atoms with Crippen LogP contribution in [0.15, 0.2) is 0 Å². The Hall–Kier alpha value is 0.340. The molecule has 0 amide bonds. The molecular weight excluding hydrogens is 270 g/mol. The smallest absolute Gasteiger partial charge is 0.323 e. The van der Waals surface area contributed by atoms with E-state index in [2.05, 4.69) is 0 Å². The molecule has 0 aliphatic carbocycles. The van der Waals surface area contributed by atoms with Crippen molar-refractivity contribution in [1.29, 1.82) is 0 Å². The lowest BCUT2D eigenvalue weighted by atomic mass is 10.1. The monoisotopic (exact) mass is 288 g/mol. The van der Waals surface area contributed by atoms with Crippen molar-refractivity contribution < 1.29 is 9.90 Å². The third-order valence-corrected chi connectivity index (χ3v) is 3.77. The molecule has 0 saturated carbocycles. The molecule has 0 heterocycles. The van der Waals surface area contributed by atoms with Crippen molar-refractivity contribution in [3.63, 3.8) is 0 Å². The van der Waals surface area contributed by atoms with E-state index in [0.717, 1.165) is 31.6 Å². The Morgan fingerprint density at radius 2 is 1.50 bits per heavy atom. The van der Waals surface area contributed by atoms with Gasteiger partial charge in [-0.05, 0) is 12.8 Å². The number of carboxylic acids is 1. The maximum Gasteiger partial charge on any atom is 0.323 e. The summed E-state index contributed by atoms with van der Waals surface area (Å²) in [6, 6.07) is 0. The molecule has 2 unspecified atom stereocenters. The SMILES string of the molecule is O=C(O)C(Cl)C(Cl)CCCCCCCCCl. The van der Waals surface area contributed by atoms with E-state index < -0.39 is 16.7 Å². The molecule has 5 heteroatoms. The normalized spacial score (nSPS) is 14.7. The highest BCUT2D eigenvalue weighted by Gasteiger charge is 2.22. The van der Waals surface area contributed by atoms with E-state index in [1.807, 2.05) is 0 Å². The average Bonchev–Trinajstić information content (AvgIpc) is 2.26. The van der Waals surface area contributed by atoms with Crippen molar-refractivity contribution in [2.75, 3.05) is 5.88 Å². The zero-order valence-corrected chi connectivity index (χ0v) is 11.6. The average molecular weight is 290 g/mol. The first-order valence-corrected chi connectivity index (χ1v) is 7.07. The number of hydrogen-bond acceptors (Lipinski definition) is 1. The van der Waals surface area contributed by atoms with Crippen LogP contribution in [0.25, 0.3) is 0 Å². The van der Waals surface area contributed by atoms with E-state index >= 15 is 0 Å². The molecular formula is C11H19Cl3O2. The van der Waals surface area contributed by atoms with E-state index in [1.165, 1.54) is 12.8 Å². The maximum atomic E-state index is 10.5. The lowest BCUT2D eigenvalue weighted by molar-refractivity contribution is -0.136. The molecule has 0 fully saturated rings. The van der Waals surface area contributed by atoms with Crippen LogP contribution in [0.2, 0.25) is 0 Å². The van der Waals surface area contributed by atoms with Gasteiger partial charge in [0, 0.05) is 5.88 Å². The van der Waals surface area contributed by atoms with Crippen molar-refractivity contribution in [3.05, 3.63) is 0 Å². The molecule has 16 heavy (non-hydrogen) atoms. The summed E-state index contributed by atoms with van der Waals surface area (Å²) in [5.74, 6) is -0.306. The maximum absolute atomic E-state index is 10.5. The molecule has 1 N–H and O–H groups in total. The molecule has 0 aliphatic heterocycles. The predicted molar refractivity (Wildman–Crippen MR) is 70.0 cm³/mol. The molecule has 2 nitrogen and oxygen atoms in total. The molecule has 2 atom stereocenters. The van der Waals surface area contributed by atoms with E-state index in [4.69, 9.17) is 39.9 Å². The summed E-state index contributed by atoms with van der Waals surface area (Å²) in [6.45, 7) is 0. The molecule has 0 aromatic carbocycles. The first kappa shape index (κ1) is 16.3. The second kappa shape index (κ2) is 10.5. The van der Waals surface area contributed by atoms with Crippen molar-refractivity contribution in [2.24, 2.45) is 0 Å². The Morgan fingerprint density at radius 1 is 1.00 bits per heavy atom. The first-order chi connectivity index (χ1) is 7.59. The lowest BCUT2D eigenvalue weighted by Gasteiger charge is -2.11. The number of hydrogen-bond donors (Lipinski definition) is 1. The van der Waals surface area contributed by atoms with Gasteiger partial charge in [0.15, 0.2) is 0 Å². The number of carbonyl (C=O) groups is 1. The second-order valence-electron chi connectivity index (χ2n) is 3.85. The number of halogens is 3. The summed E-state index contributed by atoms with van der Waals surface area (Å²) < 4.78 is 0. The second-order valence-corrected chi connectivity index (χ2v) is 5.26. The zero-order chi connectivity index (χ0) is 12.4. The number of carboxylic acid groups (broad SMARTS) is 1. The zero-order valence-electron chi connectivity index (χ0n) is 9.30. The Kier molecular flexibility index (Phi) is 10.7. The Bertz CT molecular complexity index is 188. The van der Waals surface area contributed by atoms with Crippen LogP contribution in [0.1, 0.15) is 44.9 Å². The third kappa shape index (κ3) is 8.49. The van der Waals surface area contributed by atoms with Gasteiger partial charge in [0.1, 0.15) is 5.38 Å². The number of unbranched alkanes of at least 4 members (excludes halogenated alkanes) is 5. The fourth-order valence-electron chi connectivity index (χ4n) is 1.44. The first-order valence-electron chi connectivity index (χ1n) is 5.66. The molecule has 0 bridgehead atoms. The molecule has 0 radical (unpaired) electrons. The quantitative estimate of drug-likeness (QED) is 0.482. The van der Waals surface area contributed by atoms with Crippen LogP contribution in [0.5, 0.6) is 0 Å². The van der Waals surface area contributed by atoms with Gasteiger partial charge in [-0.3, -0.25) is 4.79 Å². The minimum Gasteiger partial charge on any atom is -0.480 e. The number of aliphatic carboxylic acids is 1. The van der Waals surface area contributed by atoms with Crippen LogP contribution in [0.4, 0.5) is 0 Å². The largest absolute Gasteiger partial charge is 0.480 e. The fourth-order valence-corrected chi connectivity index (χ4v) is 2.02. The Morgan fingerprint density at radius 3 is 2.00 bits per heavy atom. The summed E-state index contributed by atoms with van der Waals surface area (Å²) in [7, 11) is 0. The Balaban J connectivity index is 3.34. The molecule has 0 aliphatic rings. The van der Waals surface area contributed by atoms with Crippen LogP contribution < -0.4 is 0 Å². The van der Waals surface area contributed by atoms with E-state index in [0.29, 0.717) is 6.42 Å². The van der Waals surface area contributed by atoms with Crippen molar-refractivity contribution in [2.45, 2.75) is 55.7 Å². The summed E-state index contributed by atoms with van der Waals surface area (Å²) in [4.78, 5) is 10.5. The predicted octanol–water partition coefficient (Wildman–Crippen LogP) is 4.26. The highest BCUT2D eigenvalue weighted by atomic mass is 35.5. The summed E-state index contributed by atoms with van der Waals surface area (Å²) in [6.07, 6.45) is 7.25. The van der Waals surface area contributed by atoms with Gasteiger partial charge >= 0.3 is 5.97 Å². The van der Waals surface area contributed by atoms with Crippen LogP contribution in [0, 0.1) is 0 Å². The summed E-state index contributed by atoms with van der Waals surface area (Å²) >= 11 is 17.0. The number of rotatable bonds is 10. The summed E-state index contributed by atoms with van der Waals surface area (Å²) in [5.41, 5.74) is 0.